The van der Waals surface area contributed by atoms with Crippen LogP contribution in [0.2, 0.25) is 0 Å². The van der Waals surface area contributed by atoms with E-state index in [4.69, 9.17) is 0 Å². The maximum Gasteiger partial charge on any atom is 0.222 e. The van der Waals surface area contributed by atoms with E-state index in [0.717, 1.165) is 64.5 Å². The van der Waals surface area contributed by atoms with Crippen molar-refractivity contribution in [1.29, 1.82) is 0 Å². The summed E-state index contributed by atoms with van der Waals surface area (Å²) in [7, 11) is 0. The molecule has 1 aromatic heterocycles. The first-order valence-corrected chi connectivity index (χ1v) is 11.4. The van der Waals surface area contributed by atoms with Crippen LogP contribution in [0.3, 0.4) is 0 Å². The van der Waals surface area contributed by atoms with Gasteiger partial charge in [-0.05, 0) is 37.3 Å². The van der Waals surface area contributed by atoms with Crippen LogP contribution in [-0.2, 0) is 4.79 Å². The fourth-order valence-electron chi connectivity index (χ4n) is 4.54. The highest BCUT2D eigenvalue weighted by Gasteiger charge is 2.26. The molecule has 1 unspecified atom stereocenters. The van der Waals surface area contributed by atoms with Gasteiger partial charge in [0.1, 0.15) is 5.82 Å². The van der Waals surface area contributed by atoms with Crippen LogP contribution in [-0.4, -0.2) is 66.5 Å². The molecule has 0 aromatic carbocycles. The van der Waals surface area contributed by atoms with E-state index in [9.17, 15) is 4.79 Å². The molecule has 3 rings (SSSR count). The molecule has 2 aliphatic heterocycles. The molecule has 2 saturated heterocycles. The molecule has 0 aliphatic carbocycles. The molecule has 1 atom stereocenters. The van der Waals surface area contributed by atoms with Crippen LogP contribution < -0.4 is 4.90 Å². The third-order valence-corrected chi connectivity index (χ3v) is 6.23. The van der Waals surface area contributed by atoms with Crippen molar-refractivity contribution in [3.63, 3.8) is 0 Å². The predicted molar refractivity (Wildman–Crippen MR) is 116 cm³/mol. The standard InChI is InChI=1S/C23H38N4O/c1-2-3-4-5-6-12-23(28)27-14-9-10-21(20-27)19-25-15-17-26(18-16-25)22-11-7-8-13-24-22/h7-8,11,13,21H,2-6,9-10,12,14-20H2,1H3. The lowest BCUT2D eigenvalue weighted by atomic mass is 9.96. The Kier molecular flexibility index (Phi) is 8.59. The normalized spacial score (nSPS) is 21.1. The SMILES string of the molecule is CCCCCCCC(=O)N1CCCC(CN2CCN(c3ccccn3)CC2)C1. The van der Waals surface area contributed by atoms with Crippen molar-refractivity contribution in [3.05, 3.63) is 24.4 Å². The predicted octanol–water partition coefficient (Wildman–Crippen LogP) is 3.80. The number of hydrogen-bond acceptors (Lipinski definition) is 4. The summed E-state index contributed by atoms with van der Waals surface area (Å²) in [5, 5.41) is 0. The summed E-state index contributed by atoms with van der Waals surface area (Å²) in [5.41, 5.74) is 0. The first kappa shape index (κ1) is 21.1. The third kappa shape index (κ3) is 6.47. The topological polar surface area (TPSA) is 39.7 Å². The molecule has 1 amide bonds. The molecule has 0 N–H and O–H groups in total. The van der Waals surface area contributed by atoms with Gasteiger partial charge in [-0.3, -0.25) is 9.69 Å². The summed E-state index contributed by atoms with van der Waals surface area (Å²) in [5.74, 6) is 2.12. The van der Waals surface area contributed by atoms with Gasteiger partial charge in [0.25, 0.3) is 0 Å². The van der Waals surface area contributed by atoms with Gasteiger partial charge in [0, 0.05) is 58.4 Å². The second-order valence-corrected chi connectivity index (χ2v) is 8.49. The molecule has 0 bridgehead atoms. The van der Waals surface area contributed by atoms with Crippen LogP contribution in [0.5, 0.6) is 0 Å². The number of amides is 1. The fourth-order valence-corrected chi connectivity index (χ4v) is 4.54. The Morgan fingerprint density at radius 1 is 1.07 bits per heavy atom. The summed E-state index contributed by atoms with van der Waals surface area (Å²) in [6.45, 7) is 9.59. The number of piperazine rings is 1. The minimum Gasteiger partial charge on any atom is -0.354 e. The molecule has 3 heterocycles. The zero-order chi connectivity index (χ0) is 19.6. The van der Waals surface area contributed by atoms with E-state index in [1.165, 1.54) is 38.5 Å². The number of carbonyl (C=O) groups is 1. The van der Waals surface area contributed by atoms with Crippen molar-refractivity contribution in [2.45, 2.75) is 58.3 Å². The maximum atomic E-state index is 12.6. The molecule has 0 radical (unpaired) electrons. The van der Waals surface area contributed by atoms with Gasteiger partial charge in [-0.25, -0.2) is 4.98 Å². The van der Waals surface area contributed by atoms with Crippen LogP contribution in [0.4, 0.5) is 5.82 Å². The number of nitrogens with zero attached hydrogens (tertiary/aromatic N) is 4. The van der Waals surface area contributed by atoms with Gasteiger partial charge < -0.3 is 9.80 Å². The number of aromatic nitrogens is 1. The highest BCUT2D eigenvalue weighted by molar-refractivity contribution is 5.76. The summed E-state index contributed by atoms with van der Waals surface area (Å²) < 4.78 is 0. The average molecular weight is 387 g/mol. The smallest absolute Gasteiger partial charge is 0.222 e. The molecule has 1 aromatic rings. The minimum atomic E-state index is 0.390. The van der Waals surface area contributed by atoms with Crippen molar-refractivity contribution in [2.24, 2.45) is 5.92 Å². The lowest BCUT2D eigenvalue weighted by Gasteiger charge is -2.39. The summed E-state index contributed by atoms with van der Waals surface area (Å²) in [4.78, 5) is 24.2. The van der Waals surface area contributed by atoms with E-state index in [1.54, 1.807) is 0 Å². The second kappa shape index (κ2) is 11.4. The van der Waals surface area contributed by atoms with E-state index in [-0.39, 0.29) is 0 Å². The molecular weight excluding hydrogens is 348 g/mol. The van der Waals surface area contributed by atoms with Gasteiger partial charge in [0.05, 0.1) is 0 Å². The molecule has 0 spiro atoms. The van der Waals surface area contributed by atoms with E-state index < -0.39 is 0 Å². The number of unbranched alkanes of at least 4 members (excludes halogenated alkanes) is 4. The number of anilines is 1. The van der Waals surface area contributed by atoms with E-state index in [0.29, 0.717) is 11.8 Å². The van der Waals surface area contributed by atoms with Crippen LogP contribution in [0.1, 0.15) is 58.3 Å². The summed E-state index contributed by atoms with van der Waals surface area (Å²) >= 11 is 0. The largest absolute Gasteiger partial charge is 0.354 e. The molecule has 5 nitrogen and oxygen atoms in total. The fraction of sp³-hybridized carbons (Fsp3) is 0.739. The third-order valence-electron chi connectivity index (χ3n) is 6.23. The molecule has 2 fully saturated rings. The minimum absolute atomic E-state index is 0.390. The van der Waals surface area contributed by atoms with Gasteiger partial charge in [-0.1, -0.05) is 38.7 Å². The lowest BCUT2D eigenvalue weighted by molar-refractivity contribution is -0.133. The van der Waals surface area contributed by atoms with E-state index in [1.807, 2.05) is 12.3 Å². The Balaban J connectivity index is 1.36. The Morgan fingerprint density at radius 3 is 2.64 bits per heavy atom. The number of piperidine rings is 1. The van der Waals surface area contributed by atoms with Gasteiger partial charge in [-0.2, -0.15) is 0 Å². The number of carbonyl (C=O) groups excluding carboxylic acids is 1. The van der Waals surface area contributed by atoms with Crippen molar-refractivity contribution in [3.8, 4) is 0 Å². The Morgan fingerprint density at radius 2 is 1.89 bits per heavy atom. The van der Waals surface area contributed by atoms with Crippen LogP contribution in [0, 0.1) is 5.92 Å². The molecule has 5 heteroatoms. The van der Waals surface area contributed by atoms with Gasteiger partial charge >= 0.3 is 0 Å². The number of rotatable bonds is 9. The first-order valence-electron chi connectivity index (χ1n) is 11.4. The van der Waals surface area contributed by atoms with Crippen molar-refractivity contribution in [2.75, 3.05) is 50.7 Å². The zero-order valence-electron chi connectivity index (χ0n) is 17.7. The van der Waals surface area contributed by atoms with E-state index >= 15 is 0 Å². The average Bonchev–Trinajstić information content (AvgIpc) is 2.75. The highest BCUT2D eigenvalue weighted by Crippen LogP contribution is 2.21. The summed E-state index contributed by atoms with van der Waals surface area (Å²) in [6, 6.07) is 6.13. The Hall–Kier alpha value is -1.62. The number of pyridine rings is 1. The Labute approximate surface area is 171 Å². The monoisotopic (exact) mass is 386 g/mol. The van der Waals surface area contributed by atoms with Gasteiger partial charge in [0.15, 0.2) is 0 Å². The maximum absolute atomic E-state index is 12.6. The van der Waals surface area contributed by atoms with Crippen LogP contribution in [0.25, 0.3) is 0 Å². The number of hydrogen-bond donors (Lipinski definition) is 0. The lowest BCUT2D eigenvalue weighted by Crippen LogP contribution is -2.50. The highest BCUT2D eigenvalue weighted by atomic mass is 16.2. The zero-order valence-corrected chi connectivity index (χ0v) is 17.7. The molecule has 0 saturated carbocycles. The Bertz CT molecular complexity index is 571. The summed E-state index contributed by atoms with van der Waals surface area (Å²) in [6.07, 6.45) is 11.2. The second-order valence-electron chi connectivity index (χ2n) is 8.49. The molecule has 28 heavy (non-hydrogen) atoms. The van der Waals surface area contributed by atoms with Gasteiger partial charge in [0.2, 0.25) is 5.91 Å². The van der Waals surface area contributed by atoms with Crippen molar-refractivity contribution < 1.29 is 4.79 Å². The van der Waals surface area contributed by atoms with Crippen molar-refractivity contribution in [1.82, 2.24) is 14.8 Å². The van der Waals surface area contributed by atoms with Crippen molar-refractivity contribution >= 4 is 11.7 Å². The number of likely N-dealkylation sites (tertiary alicyclic amines) is 1. The van der Waals surface area contributed by atoms with Gasteiger partial charge in [-0.15, -0.1) is 0 Å². The van der Waals surface area contributed by atoms with Crippen LogP contribution >= 0.6 is 0 Å². The first-order chi connectivity index (χ1) is 13.8. The van der Waals surface area contributed by atoms with Crippen LogP contribution in [0.15, 0.2) is 24.4 Å². The van der Waals surface area contributed by atoms with E-state index in [2.05, 4.69) is 38.7 Å². The molecular formula is C23H38N4O. The molecule has 156 valence electrons. The quantitative estimate of drug-likeness (QED) is 0.605. The molecule has 2 aliphatic rings.